The summed E-state index contributed by atoms with van der Waals surface area (Å²) in [6.45, 7) is 2.49. The minimum atomic E-state index is -0.987. The van der Waals surface area contributed by atoms with Gasteiger partial charge in [0.2, 0.25) is 0 Å². The Morgan fingerprint density at radius 3 is 2.37 bits per heavy atom. The molecule has 0 aliphatic carbocycles. The van der Waals surface area contributed by atoms with Crippen molar-refractivity contribution in [1.29, 1.82) is 0 Å². The van der Waals surface area contributed by atoms with E-state index < -0.39 is 5.97 Å². The van der Waals surface area contributed by atoms with Crippen molar-refractivity contribution in [2.75, 3.05) is 0 Å². The van der Waals surface area contributed by atoms with Crippen LogP contribution in [0.1, 0.15) is 48.0 Å². The van der Waals surface area contributed by atoms with Gasteiger partial charge in [-0.25, -0.2) is 9.78 Å². The number of aryl methyl sites for hydroxylation is 1. The van der Waals surface area contributed by atoms with E-state index in [1.807, 2.05) is 59.2 Å². The monoisotopic (exact) mass is 424 g/mol. The standard InChI is InChI=1S/C24H25ClN2O3/c1-2-3-9-22-26-24(25)21(16-28)27(22)15-17-10-12-19(13-11-17)20(14-23(29)30)18-7-5-4-6-8-18/h4-8,10-14,28H,2-3,9,15-16H2,1H3,(H,29,30)/b20-14+. The molecule has 0 unspecified atom stereocenters. The number of unbranched alkanes of at least 4 members (excludes halogenated alkanes) is 1. The lowest BCUT2D eigenvalue weighted by atomic mass is 9.96. The lowest BCUT2D eigenvalue weighted by Crippen LogP contribution is -2.09. The van der Waals surface area contributed by atoms with E-state index >= 15 is 0 Å². The molecule has 3 rings (SSSR count). The third-order valence-electron chi connectivity index (χ3n) is 4.96. The molecule has 1 aromatic heterocycles. The number of aliphatic hydroxyl groups is 1. The lowest BCUT2D eigenvalue weighted by molar-refractivity contribution is -0.131. The molecular formula is C24H25ClN2O3. The lowest BCUT2D eigenvalue weighted by Gasteiger charge is -2.13. The number of hydrogen-bond donors (Lipinski definition) is 2. The Morgan fingerprint density at radius 2 is 1.77 bits per heavy atom. The summed E-state index contributed by atoms with van der Waals surface area (Å²) < 4.78 is 1.97. The van der Waals surface area contributed by atoms with Crippen LogP contribution in [-0.2, 0) is 24.4 Å². The van der Waals surface area contributed by atoms with Gasteiger partial charge in [-0.05, 0) is 28.7 Å². The number of carboxylic acid groups (broad SMARTS) is 1. The summed E-state index contributed by atoms with van der Waals surface area (Å²) in [7, 11) is 0. The smallest absolute Gasteiger partial charge is 0.328 e. The molecule has 0 aliphatic rings. The van der Waals surface area contributed by atoms with E-state index in [1.165, 1.54) is 6.08 Å². The van der Waals surface area contributed by atoms with Crippen molar-refractivity contribution in [3.05, 3.63) is 94.0 Å². The zero-order valence-corrected chi connectivity index (χ0v) is 17.6. The number of aliphatic hydroxyl groups excluding tert-OH is 1. The molecule has 1 heterocycles. The van der Waals surface area contributed by atoms with Crippen molar-refractivity contribution in [3.63, 3.8) is 0 Å². The maximum absolute atomic E-state index is 11.3. The molecule has 156 valence electrons. The predicted octanol–water partition coefficient (Wildman–Crippen LogP) is 4.94. The molecule has 0 radical (unpaired) electrons. The number of carboxylic acids is 1. The van der Waals surface area contributed by atoms with Gasteiger partial charge in [-0.1, -0.05) is 79.5 Å². The number of rotatable bonds is 9. The summed E-state index contributed by atoms with van der Waals surface area (Å²) >= 11 is 6.22. The molecular weight excluding hydrogens is 400 g/mol. The second-order valence-electron chi connectivity index (χ2n) is 7.07. The summed E-state index contributed by atoms with van der Waals surface area (Å²) in [5, 5.41) is 19.4. The van der Waals surface area contributed by atoms with Gasteiger partial charge in [-0.2, -0.15) is 0 Å². The van der Waals surface area contributed by atoms with Crippen LogP contribution in [0.25, 0.3) is 5.57 Å². The number of nitrogens with zero attached hydrogens (tertiary/aromatic N) is 2. The van der Waals surface area contributed by atoms with Crippen LogP contribution in [0.3, 0.4) is 0 Å². The van der Waals surface area contributed by atoms with Gasteiger partial charge in [0.05, 0.1) is 12.3 Å². The highest BCUT2D eigenvalue weighted by atomic mass is 35.5. The topological polar surface area (TPSA) is 75.4 Å². The fourth-order valence-corrected chi connectivity index (χ4v) is 3.67. The zero-order valence-electron chi connectivity index (χ0n) is 16.9. The van der Waals surface area contributed by atoms with Crippen LogP contribution in [0.5, 0.6) is 0 Å². The van der Waals surface area contributed by atoms with E-state index in [-0.39, 0.29) is 6.61 Å². The van der Waals surface area contributed by atoms with Gasteiger partial charge < -0.3 is 14.8 Å². The van der Waals surface area contributed by atoms with Crippen molar-refractivity contribution in [3.8, 4) is 0 Å². The van der Waals surface area contributed by atoms with Crippen molar-refractivity contribution in [2.24, 2.45) is 0 Å². The first kappa shape index (κ1) is 21.8. The fourth-order valence-electron chi connectivity index (χ4n) is 3.42. The second-order valence-corrected chi connectivity index (χ2v) is 7.43. The average molecular weight is 425 g/mol. The van der Waals surface area contributed by atoms with E-state index in [1.54, 1.807) is 0 Å². The number of imidazole rings is 1. The van der Waals surface area contributed by atoms with Crippen LogP contribution in [-0.4, -0.2) is 25.7 Å². The largest absolute Gasteiger partial charge is 0.478 e. The number of benzene rings is 2. The Morgan fingerprint density at radius 1 is 1.10 bits per heavy atom. The minimum Gasteiger partial charge on any atom is -0.478 e. The third-order valence-corrected chi connectivity index (χ3v) is 5.27. The molecule has 0 fully saturated rings. The van der Waals surface area contributed by atoms with Gasteiger partial charge in [-0.3, -0.25) is 0 Å². The number of aromatic nitrogens is 2. The molecule has 0 saturated heterocycles. The van der Waals surface area contributed by atoms with E-state index in [0.29, 0.717) is 23.0 Å². The summed E-state index contributed by atoms with van der Waals surface area (Å²) in [5.74, 6) is -0.120. The minimum absolute atomic E-state index is 0.171. The maximum atomic E-state index is 11.3. The van der Waals surface area contributed by atoms with Gasteiger partial charge in [-0.15, -0.1) is 0 Å². The number of hydrogen-bond acceptors (Lipinski definition) is 3. The molecule has 6 heteroatoms. The van der Waals surface area contributed by atoms with E-state index in [4.69, 9.17) is 11.6 Å². The molecule has 0 saturated carbocycles. The van der Waals surface area contributed by atoms with Crippen LogP contribution in [0.2, 0.25) is 5.15 Å². The summed E-state index contributed by atoms with van der Waals surface area (Å²) in [5.41, 5.74) is 3.95. The summed E-state index contributed by atoms with van der Waals surface area (Å²) in [6, 6.07) is 17.2. The van der Waals surface area contributed by atoms with Crippen LogP contribution in [0.4, 0.5) is 0 Å². The van der Waals surface area contributed by atoms with E-state index in [0.717, 1.165) is 41.8 Å². The van der Waals surface area contributed by atoms with Crippen molar-refractivity contribution in [1.82, 2.24) is 9.55 Å². The predicted molar refractivity (Wildman–Crippen MR) is 118 cm³/mol. The number of aliphatic carboxylic acids is 1. The van der Waals surface area contributed by atoms with Gasteiger partial charge in [0.25, 0.3) is 0 Å². The molecule has 2 N–H and O–H groups in total. The molecule has 0 aliphatic heterocycles. The van der Waals surface area contributed by atoms with Gasteiger partial charge in [0, 0.05) is 19.0 Å². The Hall–Kier alpha value is -2.89. The quantitative estimate of drug-likeness (QED) is 0.477. The van der Waals surface area contributed by atoms with Crippen LogP contribution >= 0.6 is 11.6 Å². The molecule has 0 spiro atoms. The average Bonchev–Trinajstić information content (AvgIpc) is 3.05. The molecule has 0 atom stereocenters. The molecule has 2 aromatic carbocycles. The Labute approximate surface area is 181 Å². The Balaban J connectivity index is 1.90. The van der Waals surface area contributed by atoms with Crippen molar-refractivity contribution < 1.29 is 15.0 Å². The fraction of sp³-hybridized carbons (Fsp3) is 0.250. The highest BCUT2D eigenvalue weighted by Gasteiger charge is 2.15. The summed E-state index contributed by atoms with van der Waals surface area (Å²) in [6.07, 6.45) is 4.07. The van der Waals surface area contributed by atoms with Crippen molar-refractivity contribution in [2.45, 2.75) is 39.3 Å². The highest BCUT2D eigenvalue weighted by Crippen LogP contribution is 2.25. The zero-order chi connectivity index (χ0) is 21.5. The Kier molecular flexibility index (Phi) is 7.44. The molecule has 5 nitrogen and oxygen atoms in total. The first-order chi connectivity index (χ1) is 14.5. The van der Waals surface area contributed by atoms with Crippen LogP contribution in [0.15, 0.2) is 60.7 Å². The molecule has 30 heavy (non-hydrogen) atoms. The van der Waals surface area contributed by atoms with E-state index in [9.17, 15) is 15.0 Å². The molecule has 0 amide bonds. The third kappa shape index (κ3) is 5.17. The Bertz CT molecular complexity index is 1020. The van der Waals surface area contributed by atoms with E-state index in [2.05, 4.69) is 11.9 Å². The van der Waals surface area contributed by atoms with Crippen molar-refractivity contribution >= 4 is 23.1 Å². The molecule has 0 bridgehead atoms. The maximum Gasteiger partial charge on any atom is 0.328 e. The normalized spacial score (nSPS) is 11.6. The first-order valence-corrected chi connectivity index (χ1v) is 10.3. The first-order valence-electron chi connectivity index (χ1n) is 9.97. The van der Waals surface area contributed by atoms with Gasteiger partial charge in [0.15, 0.2) is 5.15 Å². The number of carbonyl (C=O) groups is 1. The van der Waals surface area contributed by atoms with Gasteiger partial charge in [0.1, 0.15) is 5.82 Å². The second kappa shape index (κ2) is 10.2. The van der Waals surface area contributed by atoms with Crippen LogP contribution in [0, 0.1) is 0 Å². The van der Waals surface area contributed by atoms with Crippen LogP contribution < -0.4 is 0 Å². The SMILES string of the molecule is CCCCc1nc(Cl)c(CO)n1Cc1ccc(/C(=C/C(=O)O)c2ccccc2)cc1. The molecule has 3 aromatic rings. The number of halogens is 1. The highest BCUT2D eigenvalue weighted by molar-refractivity contribution is 6.30. The van der Waals surface area contributed by atoms with Gasteiger partial charge >= 0.3 is 5.97 Å². The summed E-state index contributed by atoms with van der Waals surface area (Å²) in [4.78, 5) is 15.8.